The normalized spacial score (nSPS) is 15.4. The molecular formula is C21H22ClFN4O2. The zero-order chi connectivity index (χ0) is 20.4. The number of aromatic nitrogens is 2. The fourth-order valence-electron chi connectivity index (χ4n) is 3.50. The maximum Gasteiger partial charge on any atom is 0.165 e. The molecule has 0 spiro atoms. The molecule has 1 aromatic heterocycles. The zero-order valence-corrected chi connectivity index (χ0v) is 17.0. The minimum Gasteiger partial charge on any atom is -0.493 e. The molecule has 1 fully saturated rings. The van der Waals surface area contributed by atoms with Crippen LogP contribution in [-0.4, -0.2) is 41.3 Å². The van der Waals surface area contributed by atoms with E-state index in [2.05, 4.69) is 20.2 Å². The molecule has 2 heterocycles. The molecule has 1 aliphatic rings. The van der Waals surface area contributed by atoms with Crippen molar-refractivity contribution >= 4 is 34.0 Å². The van der Waals surface area contributed by atoms with Crippen molar-refractivity contribution in [2.75, 3.05) is 25.5 Å². The van der Waals surface area contributed by atoms with E-state index in [0.29, 0.717) is 33.2 Å². The van der Waals surface area contributed by atoms with Crippen LogP contribution in [0.5, 0.6) is 11.5 Å². The highest BCUT2D eigenvalue weighted by Crippen LogP contribution is 2.36. The minimum atomic E-state index is -0.462. The predicted molar refractivity (Wildman–Crippen MR) is 112 cm³/mol. The van der Waals surface area contributed by atoms with E-state index in [-0.39, 0.29) is 11.9 Å². The Balaban J connectivity index is 1.67. The summed E-state index contributed by atoms with van der Waals surface area (Å²) in [5.74, 6) is 1.18. The number of hydrogen-bond donors (Lipinski definition) is 1. The standard InChI is InChI=1S/C21H22ClFN4O2/c1-13(27-7-3-4-8-27)29-20-11-18-15(10-19(20)28-2)21(25-12-24-18)26-17-6-5-14(22)9-16(17)23/h5-6,9-13H,3-4,7-8H2,1-2H3,(H,24,25,26). The minimum absolute atomic E-state index is 0.0635. The van der Waals surface area contributed by atoms with Gasteiger partial charge in [-0.05, 0) is 44.0 Å². The van der Waals surface area contributed by atoms with E-state index in [4.69, 9.17) is 21.1 Å². The molecule has 3 aromatic rings. The van der Waals surface area contributed by atoms with Crippen molar-refractivity contribution in [3.8, 4) is 11.5 Å². The second kappa shape index (κ2) is 8.39. The van der Waals surface area contributed by atoms with E-state index < -0.39 is 5.82 Å². The highest BCUT2D eigenvalue weighted by Gasteiger charge is 2.21. The Kier molecular flexibility index (Phi) is 5.69. The molecule has 1 unspecified atom stereocenters. The van der Waals surface area contributed by atoms with Crippen LogP contribution in [-0.2, 0) is 0 Å². The average molecular weight is 417 g/mol. The topological polar surface area (TPSA) is 59.5 Å². The summed E-state index contributed by atoms with van der Waals surface area (Å²) < 4.78 is 25.9. The fraction of sp³-hybridized carbons (Fsp3) is 0.333. The van der Waals surface area contributed by atoms with Gasteiger partial charge >= 0.3 is 0 Å². The molecule has 0 bridgehead atoms. The molecule has 0 amide bonds. The number of fused-ring (bicyclic) bond motifs is 1. The van der Waals surface area contributed by atoms with Crippen molar-refractivity contribution < 1.29 is 13.9 Å². The molecule has 1 atom stereocenters. The molecule has 8 heteroatoms. The van der Waals surface area contributed by atoms with E-state index in [1.165, 1.54) is 25.2 Å². The van der Waals surface area contributed by atoms with E-state index in [1.54, 1.807) is 25.3 Å². The first-order valence-corrected chi connectivity index (χ1v) is 9.88. The third-order valence-corrected chi connectivity index (χ3v) is 5.29. The lowest BCUT2D eigenvalue weighted by atomic mass is 10.2. The number of methoxy groups -OCH3 is 1. The highest BCUT2D eigenvalue weighted by molar-refractivity contribution is 6.30. The van der Waals surface area contributed by atoms with E-state index >= 15 is 0 Å². The molecule has 4 rings (SSSR count). The quantitative estimate of drug-likeness (QED) is 0.610. The largest absolute Gasteiger partial charge is 0.493 e. The van der Waals surface area contributed by atoms with E-state index in [9.17, 15) is 4.39 Å². The number of anilines is 2. The number of nitrogens with zero attached hydrogens (tertiary/aromatic N) is 3. The molecule has 6 nitrogen and oxygen atoms in total. The van der Waals surface area contributed by atoms with Gasteiger partial charge in [0.2, 0.25) is 0 Å². The number of nitrogens with one attached hydrogen (secondary N) is 1. The smallest absolute Gasteiger partial charge is 0.165 e. The van der Waals surface area contributed by atoms with Gasteiger partial charge in [-0.3, -0.25) is 4.90 Å². The summed E-state index contributed by atoms with van der Waals surface area (Å²) >= 11 is 5.83. The summed E-state index contributed by atoms with van der Waals surface area (Å²) in [6, 6.07) is 8.06. The van der Waals surface area contributed by atoms with Crippen LogP contribution < -0.4 is 14.8 Å². The van der Waals surface area contributed by atoms with Crippen LogP contribution in [0.4, 0.5) is 15.9 Å². The Morgan fingerprint density at radius 2 is 1.93 bits per heavy atom. The maximum atomic E-state index is 14.2. The molecule has 2 aromatic carbocycles. The van der Waals surface area contributed by atoms with Gasteiger partial charge in [-0.15, -0.1) is 0 Å². The van der Waals surface area contributed by atoms with Gasteiger partial charge in [0, 0.05) is 29.6 Å². The number of benzene rings is 2. The first-order chi connectivity index (χ1) is 14.0. The monoisotopic (exact) mass is 416 g/mol. The lowest BCUT2D eigenvalue weighted by Gasteiger charge is -2.25. The van der Waals surface area contributed by atoms with Crippen LogP contribution in [0.3, 0.4) is 0 Å². The van der Waals surface area contributed by atoms with Gasteiger partial charge in [0.15, 0.2) is 11.5 Å². The number of ether oxygens (including phenoxy) is 2. The summed E-state index contributed by atoms with van der Waals surface area (Å²) in [5.41, 5.74) is 0.942. The molecule has 29 heavy (non-hydrogen) atoms. The molecule has 0 saturated carbocycles. The molecular weight excluding hydrogens is 395 g/mol. The van der Waals surface area contributed by atoms with Crippen molar-refractivity contribution in [1.82, 2.24) is 14.9 Å². The van der Waals surface area contributed by atoms with Crippen LogP contribution in [0.25, 0.3) is 10.9 Å². The average Bonchev–Trinajstić information content (AvgIpc) is 3.25. The van der Waals surface area contributed by atoms with Gasteiger partial charge < -0.3 is 14.8 Å². The predicted octanol–water partition coefficient (Wildman–Crippen LogP) is 5.00. The first-order valence-electron chi connectivity index (χ1n) is 9.50. The SMILES string of the molecule is COc1cc2c(Nc3ccc(Cl)cc3F)ncnc2cc1OC(C)N1CCCC1. The summed E-state index contributed by atoms with van der Waals surface area (Å²) in [7, 11) is 1.59. The van der Waals surface area contributed by atoms with Gasteiger partial charge in [0.1, 0.15) is 24.2 Å². The number of rotatable bonds is 6. The summed E-state index contributed by atoms with van der Waals surface area (Å²) in [6.07, 6.45) is 3.74. The van der Waals surface area contributed by atoms with Gasteiger partial charge in [-0.1, -0.05) is 11.6 Å². The Morgan fingerprint density at radius 1 is 1.14 bits per heavy atom. The molecule has 0 radical (unpaired) electrons. The van der Waals surface area contributed by atoms with Crippen LogP contribution in [0, 0.1) is 5.82 Å². The van der Waals surface area contributed by atoms with Crippen molar-refractivity contribution in [2.24, 2.45) is 0 Å². The number of halogens is 2. The van der Waals surface area contributed by atoms with E-state index in [0.717, 1.165) is 13.1 Å². The van der Waals surface area contributed by atoms with Crippen LogP contribution >= 0.6 is 11.6 Å². The Bertz CT molecular complexity index is 1030. The lowest BCUT2D eigenvalue weighted by Crippen LogP contribution is -2.34. The van der Waals surface area contributed by atoms with Gasteiger partial charge in [0.25, 0.3) is 0 Å². The van der Waals surface area contributed by atoms with Crippen molar-refractivity contribution in [2.45, 2.75) is 26.0 Å². The lowest BCUT2D eigenvalue weighted by molar-refractivity contribution is 0.0569. The maximum absolute atomic E-state index is 14.2. The molecule has 1 aliphatic heterocycles. The summed E-state index contributed by atoms with van der Waals surface area (Å²) in [4.78, 5) is 10.9. The fourth-order valence-corrected chi connectivity index (χ4v) is 3.66. The van der Waals surface area contributed by atoms with Crippen molar-refractivity contribution in [3.05, 3.63) is 47.5 Å². The molecule has 1 N–H and O–H groups in total. The highest BCUT2D eigenvalue weighted by atomic mass is 35.5. The molecule has 0 aliphatic carbocycles. The Hall–Kier alpha value is -2.64. The summed E-state index contributed by atoms with van der Waals surface area (Å²) in [6.45, 7) is 4.09. The van der Waals surface area contributed by atoms with E-state index in [1.807, 2.05) is 13.0 Å². The van der Waals surface area contributed by atoms with Crippen LogP contribution in [0.1, 0.15) is 19.8 Å². The first kappa shape index (κ1) is 19.7. The molecule has 152 valence electrons. The second-order valence-corrected chi connectivity index (χ2v) is 7.39. The summed E-state index contributed by atoms with van der Waals surface area (Å²) in [5, 5.41) is 4.03. The molecule has 1 saturated heterocycles. The van der Waals surface area contributed by atoms with Crippen molar-refractivity contribution in [3.63, 3.8) is 0 Å². The third kappa shape index (κ3) is 4.21. The van der Waals surface area contributed by atoms with Crippen LogP contribution in [0.2, 0.25) is 5.02 Å². The number of hydrogen-bond acceptors (Lipinski definition) is 6. The van der Waals surface area contributed by atoms with Crippen molar-refractivity contribution in [1.29, 1.82) is 0 Å². The van der Waals surface area contributed by atoms with Gasteiger partial charge in [-0.2, -0.15) is 0 Å². The second-order valence-electron chi connectivity index (χ2n) is 6.95. The van der Waals surface area contributed by atoms with Gasteiger partial charge in [0.05, 0.1) is 18.3 Å². The zero-order valence-electron chi connectivity index (χ0n) is 16.3. The Labute approximate surface area is 173 Å². The van der Waals surface area contributed by atoms with Gasteiger partial charge in [-0.25, -0.2) is 14.4 Å². The Morgan fingerprint density at radius 3 is 2.66 bits per heavy atom. The van der Waals surface area contributed by atoms with Crippen LogP contribution in [0.15, 0.2) is 36.7 Å². The third-order valence-electron chi connectivity index (χ3n) is 5.06. The number of likely N-dealkylation sites (tertiary alicyclic amines) is 1.